The fourth-order valence-corrected chi connectivity index (χ4v) is 3.42. The molecule has 0 spiro atoms. The number of aliphatic hydroxyl groups is 1. The average Bonchev–Trinajstić information content (AvgIpc) is 2.84. The highest BCUT2D eigenvalue weighted by atomic mass is 16.4. The maximum absolute atomic E-state index is 13.2. The smallest absolute Gasteiger partial charge is 0.328 e. The van der Waals surface area contributed by atoms with Crippen LogP contribution in [0.4, 0.5) is 0 Å². The molecule has 0 aliphatic heterocycles. The molecule has 13 nitrogen and oxygen atoms in total. The lowest BCUT2D eigenvalue weighted by Crippen LogP contribution is -2.58. The molecule has 5 atom stereocenters. The highest BCUT2D eigenvalue weighted by Gasteiger charge is 2.31. The molecule has 13 heteroatoms. The first-order chi connectivity index (χ1) is 17.5. The number of rotatable bonds is 17. The van der Waals surface area contributed by atoms with Gasteiger partial charge >= 0.3 is 11.9 Å². The summed E-state index contributed by atoms with van der Waals surface area (Å²) >= 11 is 0. The number of carbonyl (C=O) groups excluding carboxylic acids is 3. The molecule has 0 aromatic heterocycles. The molecule has 0 aliphatic carbocycles. The van der Waals surface area contributed by atoms with Crippen molar-refractivity contribution in [3.63, 3.8) is 0 Å². The highest BCUT2D eigenvalue weighted by Crippen LogP contribution is 2.08. The van der Waals surface area contributed by atoms with Crippen LogP contribution >= 0.6 is 0 Å². The zero-order chi connectivity index (χ0) is 28.0. The second kappa shape index (κ2) is 16.2. The molecule has 0 saturated heterocycles. The van der Waals surface area contributed by atoms with Crippen LogP contribution in [-0.4, -0.2) is 81.8 Å². The second-order valence-electron chi connectivity index (χ2n) is 8.70. The van der Waals surface area contributed by atoms with E-state index in [-0.39, 0.29) is 25.7 Å². The van der Waals surface area contributed by atoms with Gasteiger partial charge in [-0.3, -0.25) is 19.2 Å². The van der Waals surface area contributed by atoms with Gasteiger partial charge in [-0.25, -0.2) is 4.79 Å². The van der Waals surface area contributed by atoms with Crippen molar-refractivity contribution in [3.05, 3.63) is 35.9 Å². The Labute approximate surface area is 215 Å². The Morgan fingerprint density at radius 1 is 0.865 bits per heavy atom. The number of unbranched alkanes of at least 4 members (excludes halogenated alkanes) is 1. The Kier molecular flexibility index (Phi) is 13.8. The number of hydrogen-bond acceptors (Lipinski definition) is 8. The molecule has 1 aromatic rings. The summed E-state index contributed by atoms with van der Waals surface area (Å²) < 4.78 is 0. The van der Waals surface area contributed by atoms with Gasteiger partial charge in [0.25, 0.3) is 0 Å². The van der Waals surface area contributed by atoms with Gasteiger partial charge in [0.2, 0.25) is 17.7 Å². The fourth-order valence-electron chi connectivity index (χ4n) is 3.42. The quantitative estimate of drug-likeness (QED) is 0.110. The first kappa shape index (κ1) is 31.5. The Balaban J connectivity index is 3.09. The van der Waals surface area contributed by atoms with E-state index in [4.69, 9.17) is 16.6 Å². The molecule has 0 heterocycles. The van der Waals surface area contributed by atoms with Gasteiger partial charge in [0, 0.05) is 12.8 Å². The van der Waals surface area contributed by atoms with Crippen molar-refractivity contribution in [1.82, 2.24) is 16.0 Å². The summed E-state index contributed by atoms with van der Waals surface area (Å²) in [5.41, 5.74) is 12.0. The zero-order valence-electron chi connectivity index (χ0n) is 20.8. The van der Waals surface area contributed by atoms with E-state index in [1.165, 1.54) is 6.92 Å². The molecule has 1 aromatic carbocycles. The minimum absolute atomic E-state index is 0.0482. The van der Waals surface area contributed by atoms with Crippen LogP contribution in [0.5, 0.6) is 0 Å². The van der Waals surface area contributed by atoms with Crippen LogP contribution in [0.15, 0.2) is 30.3 Å². The Bertz CT molecular complexity index is 912. The first-order valence-corrected chi connectivity index (χ1v) is 12.0. The van der Waals surface area contributed by atoms with Crippen molar-refractivity contribution in [2.24, 2.45) is 11.5 Å². The third-order valence-corrected chi connectivity index (χ3v) is 5.55. The third kappa shape index (κ3) is 11.8. The van der Waals surface area contributed by atoms with Gasteiger partial charge in [0.05, 0.1) is 12.1 Å². The van der Waals surface area contributed by atoms with Crippen LogP contribution in [0, 0.1) is 0 Å². The van der Waals surface area contributed by atoms with Gasteiger partial charge in [-0.1, -0.05) is 30.3 Å². The van der Waals surface area contributed by atoms with E-state index in [2.05, 4.69) is 16.0 Å². The van der Waals surface area contributed by atoms with Gasteiger partial charge in [-0.15, -0.1) is 0 Å². The molecule has 0 fully saturated rings. The molecule has 3 amide bonds. The normalized spacial score (nSPS) is 14.9. The molecule has 1 rings (SSSR count). The molecular formula is C24H37N5O8. The fraction of sp³-hybridized carbons (Fsp3) is 0.542. The number of amides is 3. The number of carbonyl (C=O) groups is 5. The van der Waals surface area contributed by atoms with E-state index in [0.29, 0.717) is 24.9 Å². The van der Waals surface area contributed by atoms with E-state index in [1.54, 1.807) is 30.3 Å². The topological polar surface area (TPSA) is 234 Å². The molecule has 206 valence electrons. The van der Waals surface area contributed by atoms with Crippen molar-refractivity contribution in [1.29, 1.82) is 0 Å². The van der Waals surface area contributed by atoms with Gasteiger partial charge < -0.3 is 42.7 Å². The molecule has 5 unspecified atom stereocenters. The second-order valence-corrected chi connectivity index (χ2v) is 8.70. The summed E-state index contributed by atoms with van der Waals surface area (Å²) in [6.45, 7) is 1.55. The van der Waals surface area contributed by atoms with Crippen LogP contribution in [-0.2, 0) is 30.4 Å². The average molecular weight is 524 g/mol. The van der Waals surface area contributed by atoms with E-state index in [0.717, 1.165) is 0 Å². The molecule has 0 radical (unpaired) electrons. The minimum Gasteiger partial charge on any atom is -0.481 e. The number of hydrogen-bond donors (Lipinski definition) is 8. The number of nitrogens with one attached hydrogen (secondary N) is 3. The number of nitrogens with two attached hydrogens (primary N) is 2. The standard InChI is InChI=1S/C24H37N5O8/c1-14(30)20(24(36)37)29-22(34)17(9-5-6-12-25)27-23(35)18(13-15-7-3-2-4-8-15)28-21(33)16(26)10-11-19(31)32/h2-4,7-8,14,16-18,20,30H,5-6,9-13,25-26H2,1H3,(H,27,35)(H,28,33)(H,29,34)(H,31,32)(H,36,37). The summed E-state index contributed by atoms with van der Waals surface area (Å²) in [4.78, 5) is 60.9. The Morgan fingerprint density at radius 3 is 2.00 bits per heavy atom. The van der Waals surface area contributed by atoms with Crippen molar-refractivity contribution in [3.8, 4) is 0 Å². The molecular weight excluding hydrogens is 486 g/mol. The number of benzene rings is 1. The van der Waals surface area contributed by atoms with Crippen molar-refractivity contribution in [2.75, 3.05) is 6.54 Å². The summed E-state index contributed by atoms with van der Waals surface area (Å²) in [5, 5.41) is 35.1. The van der Waals surface area contributed by atoms with Gasteiger partial charge in [0.1, 0.15) is 12.1 Å². The highest BCUT2D eigenvalue weighted by molar-refractivity contribution is 5.94. The lowest BCUT2D eigenvalue weighted by atomic mass is 10.0. The molecule has 10 N–H and O–H groups in total. The van der Waals surface area contributed by atoms with Crippen LogP contribution in [0.3, 0.4) is 0 Å². The third-order valence-electron chi connectivity index (χ3n) is 5.55. The lowest BCUT2D eigenvalue weighted by molar-refractivity contribution is -0.145. The van der Waals surface area contributed by atoms with Crippen molar-refractivity contribution < 1.29 is 39.3 Å². The maximum atomic E-state index is 13.2. The number of aliphatic carboxylic acids is 2. The summed E-state index contributed by atoms with van der Waals surface area (Å²) in [6, 6.07) is 3.65. The van der Waals surface area contributed by atoms with Crippen LogP contribution in [0.25, 0.3) is 0 Å². The first-order valence-electron chi connectivity index (χ1n) is 12.0. The summed E-state index contributed by atoms with van der Waals surface area (Å²) in [6.07, 6.45) is -0.697. The lowest BCUT2D eigenvalue weighted by Gasteiger charge is -2.26. The predicted octanol–water partition coefficient (Wildman–Crippen LogP) is -1.53. The number of carboxylic acids is 2. The van der Waals surface area contributed by atoms with E-state index < -0.39 is 59.9 Å². The van der Waals surface area contributed by atoms with Gasteiger partial charge in [0.15, 0.2) is 6.04 Å². The molecule has 0 bridgehead atoms. The van der Waals surface area contributed by atoms with E-state index >= 15 is 0 Å². The Hall–Kier alpha value is -3.55. The minimum atomic E-state index is -1.59. The Morgan fingerprint density at radius 2 is 1.46 bits per heavy atom. The van der Waals surface area contributed by atoms with Crippen molar-refractivity contribution >= 4 is 29.7 Å². The molecule has 0 aliphatic rings. The SMILES string of the molecule is CC(O)C(NC(=O)C(CCCCN)NC(=O)C(Cc1ccccc1)NC(=O)C(N)CCC(=O)O)C(=O)O. The van der Waals surface area contributed by atoms with Crippen LogP contribution < -0.4 is 27.4 Å². The largest absolute Gasteiger partial charge is 0.481 e. The van der Waals surface area contributed by atoms with Crippen LogP contribution in [0.1, 0.15) is 44.6 Å². The molecule has 37 heavy (non-hydrogen) atoms. The number of aliphatic hydroxyl groups excluding tert-OH is 1. The van der Waals surface area contributed by atoms with E-state index in [1.807, 2.05) is 0 Å². The summed E-state index contributed by atoms with van der Waals surface area (Å²) in [5.74, 6) is -4.84. The van der Waals surface area contributed by atoms with Gasteiger partial charge in [-0.2, -0.15) is 0 Å². The van der Waals surface area contributed by atoms with E-state index in [9.17, 15) is 34.2 Å². The summed E-state index contributed by atoms with van der Waals surface area (Å²) in [7, 11) is 0. The zero-order valence-corrected chi connectivity index (χ0v) is 20.8. The predicted molar refractivity (Wildman–Crippen MR) is 133 cm³/mol. The van der Waals surface area contributed by atoms with Crippen LogP contribution in [0.2, 0.25) is 0 Å². The monoisotopic (exact) mass is 523 g/mol. The molecule has 0 saturated carbocycles. The maximum Gasteiger partial charge on any atom is 0.328 e. The van der Waals surface area contributed by atoms with Crippen molar-refractivity contribution in [2.45, 2.75) is 75.7 Å². The van der Waals surface area contributed by atoms with Gasteiger partial charge in [-0.05, 0) is 44.7 Å². The number of carboxylic acid groups (broad SMARTS) is 2.